The van der Waals surface area contributed by atoms with Crippen LogP contribution in [0.5, 0.6) is 0 Å². The summed E-state index contributed by atoms with van der Waals surface area (Å²) in [5.74, 6) is -0.409. The third-order valence-electron chi connectivity index (χ3n) is 11.7. The SMILES string of the molecule is CCCCCCCC(=O)OC/C=C(\C)CCCCCOCc1ccc(COCCCCCC(=O)OCC=C(CCCCCCC)CCCCCCC)c(COC(=O)CCCN(C)C)c1. The number of carbonyl (C=O) groups excluding carboxylic acids is 3. The third-order valence-corrected chi connectivity index (χ3v) is 11.7. The normalized spacial score (nSPS) is 11.6. The van der Waals surface area contributed by atoms with Gasteiger partial charge in [0.15, 0.2) is 0 Å². The summed E-state index contributed by atoms with van der Waals surface area (Å²) >= 11 is 0. The molecule has 0 unspecified atom stereocenters. The van der Waals surface area contributed by atoms with Gasteiger partial charge in [0.1, 0.15) is 19.8 Å². The first-order valence-electron chi connectivity index (χ1n) is 25.9. The molecule has 1 aromatic carbocycles. The second-order valence-electron chi connectivity index (χ2n) is 18.2. The molecule has 0 spiro atoms. The molecule has 0 aromatic heterocycles. The quantitative estimate of drug-likeness (QED) is 0.0274. The molecular weight excluding hydrogens is 803 g/mol. The van der Waals surface area contributed by atoms with Gasteiger partial charge in [0, 0.05) is 32.5 Å². The Labute approximate surface area is 392 Å². The van der Waals surface area contributed by atoms with Crippen LogP contribution in [0.15, 0.2) is 41.5 Å². The van der Waals surface area contributed by atoms with Crippen molar-refractivity contribution in [3.8, 4) is 0 Å². The summed E-state index contributed by atoms with van der Waals surface area (Å²) in [6, 6.07) is 6.20. The highest BCUT2D eigenvalue weighted by Crippen LogP contribution is 2.20. The average molecular weight is 898 g/mol. The maximum Gasteiger partial charge on any atom is 0.306 e. The van der Waals surface area contributed by atoms with Crippen molar-refractivity contribution in [1.82, 2.24) is 4.90 Å². The summed E-state index contributed by atoms with van der Waals surface area (Å²) in [5, 5.41) is 0. The first kappa shape index (κ1) is 59.0. The highest BCUT2D eigenvalue weighted by Gasteiger charge is 2.11. The molecule has 368 valence electrons. The van der Waals surface area contributed by atoms with Crippen LogP contribution >= 0.6 is 0 Å². The van der Waals surface area contributed by atoms with Crippen LogP contribution in [-0.4, -0.2) is 69.9 Å². The molecule has 0 amide bonds. The molecule has 0 saturated heterocycles. The summed E-state index contributed by atoms with van der Waals surface area (Å²) in [7, 11) is 4.00. The smallest absolute Gasteiger partial charge is 0.306 e. The molecule has 64 heavy (non-hydrogen) atoms. The summed E-state index contributed by atoms with van der Waals surface area (Å²) in [4.78, 5) is 39.1. The lowest BCUT2D eigenvalue weighted by atomic mass is 9.99. The van der Waals surface area contributed by atoms with E-state index >= 15 is 0 Å². The second kappa shape index (κ2) is 42.6. The first-order valence-corrected chi connectivity index (χ1v) is 25.9. The van der Waals surface area contributed by atoms with Crippen LogP contribution < -0.4 is 0 Å². The Morgan fingerprint density at radius 1 is 0.484 bits per heavy atom. The van der Waals surface area contributed by atoms with Crippen LogP contribution in [0.3, 0.4) is 0 Å². The fraction of sp³-hybridized carbons (Fsp3) is 0.764. The monoisotopic (exact) mass is 898 g/mol. The minimum Gasteiger partial charge on any atom is -0.461 e. The predicted molar refractivity (Wildman–Crippen MR) is 264 cm³/mol. The van der Waals surface area contributed by atoms with Crippen molar-refractivity contribution >= 4 is 17.9 Å². The molecule has 0 atom stereocenters. The fourth-order valence-corrected chi connectivity index (χ4v) is 7.51. The van der Waals surface area contributed by atoms with Crippen molar-refractivity contribution < 1.29 is 38.1 Å². The van der Waals surface area contributed by atoms with E-state index in [0.29, 0.717) is 58.9 Å². The van der Waals surface area contributed by atoms with Gasteiger partial charge in [0.05, 0.1) is 13.2 Å². The number of carbonyl (C=O) groups is 3. The van der Waals surface area contributed by atoms with Crippen LogP contribution in [0.4, 0.5) is 0 Å². The van der Waals surface area contributed by atoms with Gasteiger partial charge in [-0.25, -0.2) is 0 Å². The molecule has 0 radical (unpaired) electrons. The number of hydrogen-bond donors (Lipinski definition) is 0. The number of hydrogen-bond acceptors (Lipinski definition) is 9. The Balaban J connectivity index is 2.48. The van der Waals surface area contributed by atoms with Crippen LogP contribution in [0.2, 0.25) is 0 Å². The van der Waals surface area contributed by atoms with Crippen LogP contribution in [0, 0.1) is 0 Å². The maximum absolute atomic E-state index is 12.5. The van der Waals surface area contributed by atoms with Gasteiger partial charge in [-0.1, -0.05) is 134 Å². The zero-order valence-electron chi connectivity index (χ0n) is 42.1. The van der Waals surface area contributed by atoms with Crippen molar-refractivity contribution in [2.75, 3.05) is 47.1 Å². The summed E-state index contributed by atoms with van der Waals surface area (Å²) in [6.45, 7) is 12.8. The number of nitrogens with zero attached hydrogens (tertiary/aromatic N) is 1. The largest absolute Gasteiger partial charge is 0.461 e. The molecule has 0 saturated carbocycles. The van der Waals surface area contributed by atoms with E-state index in [1.165, 1.54) is 94.6 Å². The van der Waals surface area contributed by atoms with Gasteiger partial charge in [-0.2, -0.15) is 0 Å². The molecule has 9 nitrogen and oxygen atoms in total. The maximum atomic E-state index is 12.5. The Morgan fingerprint density at radius 2 is 0.953 bits per heavy atom. The van der Waals surface area contributed by atoms with E-state index < -0.39 is 0 Å². The minimum absolute atomic E-state index is 0.0955. The summed E-state index contributed by atoms with van der Waals surface area (Å²) < 4.78 is 28.9. The van der Waals surface area contributed by atoms with Gasteiger partial charge in [-0.15, -0.1) is 0 Å². The number of ether oxygens (including phenoxy) is 5. The lowest BCUT2D eigenvalue weighted by Crippen LogP contribution is -2.15. The van der Waals surface area contributed by atoms with Gasteiger partial charge in [0.2, 0.25) is 0 Å². The lowest BCUT2D eigenvalue weighted by molar-refractivity contribution is -0.145. The van der Waals surface area contributed by atoms with Gasteiger partial charge < -0.3 is 28.6 Å². The van der Waals surface area contributed by atoms with Gasteiger partial charge in [-0.3, -0.25) is 14.4 Å². The van der Waals surface area contributed by atoms with Crippen molar-refractivity contribution in [3.63, 3.8) is 0 Å². The first-order chi connectivity index (χ1) is 31.2. The molecule has 1 aromatic rings. The highest BCUT2D eigenvalue weighted by atomic mass is 16.5. The second-order valence-corrected chi connectivity index (χ2v) is 18.2. The number of esters is 3. The molecular formula is C55H95NO8. The molecule has 1 rings (SSSR count). The zero-order valence-corrected chi connectivity index (χ0v) is 42.1. The van der Waals surface area contributed by atoms with Gasteiger partial charge in [0.25, 0.3) is 0 Å². The number of unbranched alkanes of at least 4 members (excludes halogenated alkanes) is 16. The molecule has 9 heteroatoms. The highest BCUT2D eigenvalue weighted by molar-refractivity contribution is 5.70. The van der Waals surface area contributed by atoms with E-state index in [9.17, 15) is 14.4 Å². The van der Waals surface area contributed by atoms with E-state index in [0.717, 1.165) is 100 Å². The van der Waals surface area contributed by atoms with Crippen molar-refractivity contribution in [3.05, 3.63) is 58.2 Å². The minimum atomic E-state index is -0.194. The van der Waals surface area contributed by atoms with Gasteiger partial charge in [-0.05, 0) is 133 Å². The molecule has 0 N–H and O–H groups in total. The van der Waals surface area contributed by atoms with E-state index in [2.05, 4.69) is 56.9 Å². The summed E-state index contributed by atoms with van der Waals surface area (Å²) in [5.41, 5.74) is 5.70. The third kappa shape index (κ3) is 36.2. The molecule has 0 aliphatic heterocycles. The number of benzene rings is 1. The Hall–Kier alpha value is -3.01. The van der Waals surface area contributed by atoms with Crippen molar-refractivity contribution in [2.24, 2.45) is 0 Å². The molecule has 0 aliphatic rings. The van der Waals surface area contributed by atoms with E-state index in [-0.39, 0.29) is 24.5 Å². The Morgan fingerprint density at radius 3 is 1.52 bits per heavy atom. The van der Waals surface area contributed by atoms with Crippen LogP contribution in [-0.2, 0) is 57.9 Å². The molecule has 0 aliphatic carbocycles. The van der Waals surface area contributed by atoms with E-state index in [1.807, 2.05) is 20.2 Å². The molecule has 0 bridgehead atoms. The fourth-order valence-electron chi connectivity index (χ4n) is 7.51. The van der Waals surface area contributed by atoms with Crippen LogP contribution in [0.1, 0.15) is 224 Å². The zero-order chi connectivity index (χ0) is 46.7. The van der Waals surface area contributed by atoms with Crippen LogP contribution in [0.25, 0.3) is 0 Å². The van der Waals surface area contributed by atoms with E-state index in [1.54, 1.807) is 0 Å². The van der Waals surface area contributed by atoms with Gasteiger partial charge >= 0.3 is 17.9 Å². The predicted octanol–water partition coefficient (Wildman–Crippen LogP) is 14.3. The van der Waals surface area contributed by atoms with Crippen molar-refractivity contribution in [1.29, 1.82) is 0 Å². The Bertz CT molecular complexity index is 1360. The Kier molecular flexibility index (Phi) is 39.3. The lowest BCUT2D eigenvalue weighted by Gasteiger charge is -2.14. The molecule has 0 fully saturated rings. The number of rotatable bonds is 44. The number of allylic oxidation sites excluding steroid dienone is 2. The van der Waals surface area contributed by atoms with E-state index in [4.69, 9.17) is 23.7 Å². The standard InChI is InChI=1S/C55H95NO8/c1-7-10-13-16-22-30-49(31-23-17-14-11-8-2)38-43-63-54(58)33-25-20-27-41-61-46-51-36-35-50(44-52(51)47-64-55(59)34-28-39-56(5)6)45-60-40-26-19-21-29-48(4)37-42-62-53(57)32-24-18-15-12-9-3/h35-38,44H,7-34,39-43,45-47H2,1-6H3/b48-37+. The molecule has 0 heterocycles. The average Bonchev–Trinajstić information content (AvgIpc) is 3.27. The van der Waals surface area contributed by atoms with Crippen molar-refractivity contribution in [2.45, 2.75) is 227 Å². The summed E-state index contributed by atoms with van der Waals surface area (Å²) in [6.07, 6.45) is 33.6. The topological polar surface area (TPSA) is 101 Å².